The summed E-state index contributed by atoms with van der Waals surface area (Å²) in [4.78, 5) is 4.83. The number of aryl methyl sites for hydroxylation is 3. The second kappa shape index (κ2) is 4.54. The molecule has 0 saturated heterocycles. The Morgan fingerprint density at radius 3 is 2.42 bits per heavy atom. The smallest absolute Gasteiger partial charge is 0.114 e. The molecule has 0 aliphatic rings. The van der Waals surface area contributed by atoms with E-state index in [1.807, 2.05) is 6.07 Å². The molecule has 0 amide bonds. The van der Waals surface area contributed by atoms with Gasteiger partial charge in [0.05, 0.1) is 11.0 Å². The Labute approximate surface area is 113 Å². The summed E-state index contributed by atoms with van der Waals surface area (Å²) in [6, 6.07) is 14.8. The van der Waals surface area contributed by atoms with Crippen molar-refractivity contribution < 1.29 is 0 Å². The van der Waals surface area contributed by atoms with Crippen LogP contribution in [0.15, 0.2) is 42.5 Å². The van der Waals surface area contributed by atoms with Gasteiger partial charge in [-0.3, -0.25) is 4.57 Å². The highest BCUT2D eigenvalue weighted by molar-refractivity contribution is 5.82. The minimum atomic E-state index is 0.933. The highest BCUT2D eigenvalue weighted by atomic mass is 15.1. The predicted molar refractivity (Wildman–Crippen MR) is 79.9 cm³/mol. The molecule has 0 saturated carbocycles. The van der Waals surface area contributed by atoms with Gasteiger partial charge in [-0.05, 0) is 43.2 Å². The standard InChI is InChI=1S/C17H18N2/c1-4-16-18-17-13(3)12(2)10-11-15(17)19(16)14-8-6-5-7-9-14/h5-11H,4H2,1-3H3. The van der Waals surface area contributed by atoms with E-state index in [4.69, 9.17) is 4.98 Å². The Morgan fingerprint density at radius 2 is 1.74 bits per heavy atom. The van der Waals surface area contributed by atoms with E-state index in [9.17, 15) is 0 Å². The lowest BCUT2D eigenvalue weighted by Crippen LogP contribution is -1.99. The Balaban J connectivity index is 2.38. The average molecular weight is 250 g/mol. The van der Waals surface area contributed by atoms with Crippen LogP contribution in [0.3, 0.4) is 0 Å². The highest BCUT2D eigenvalue weighted by Crippen LogP contribution is 2.25. The number of benzene rings is 2. The summed E-state index contributed by atoms with van der Waals surface area (Å²) in [7, 11) is 0. The molecular formula is C17H18N2. The van der Waals surface area contributed by atoms with Crippen molar-refractivity contribution >= 4 is 11.0 Å². The zero-order valence-corrected chi connectivity index (χ0v) is 11.6. The molecule has 3 rings (SSSR count). The molecule has 1 heterocycles. The minimum absolute atomic E-state index is 0.933. The fraction of sp³-hybridized carbons (Fsp3) is 0.235. The van der Waals surface area contributed by atoms with Crippen molar-refractivity contribution in [3.63, 3.8) is 0 Å². The molecular weight excluding hydrogens is 232 g/mol. The lowest BCUT2D eigenvalue weighted by atomic mass is 10.1. The molecule has 19 heavy (non-hydrogen) atoms. The molecule has 0 spiro atoms. The van der Waals surface area contributed by atoms with Crippen LogP contribution in [0.5, 0.6) is 0 Å². The van der Waals surface area contributed by atoms with E-state index in [-0.39, 0.29) is 0 Å². The van der Waals surface area contributed by atoms with Crippen LogP contribution >= 0.6 is 0 Å². The Kier molecular flexibility index (Phi) is 2.86. The summed E-state index contributed by atoms with van der Waals surface area (Å²) in [6.45, 7) is 6.45. The number of fused-ring (bicyclic) bond motifs is 1. The minimum Gasteiger partial charge on any atom is -0.296 e. The number of para-hydroxylation sites is 1. The first-order chi connectivity index (χ1) is 9.22. The second-order valence-corrected chi connectivity index (χ2v) is 4.93. The van der Waals surface area contributed by atoms with Gasteiger partial charge < -0.3 is 0 Å². The zero-order valence-electron chi connectivity index (χ0n) is 11.6. The maximum atomic E-state index is 4.83. The van der Waals surface area contributed by atoms with E-state index in [2.05, 4.69) is 61.7 Å². The molecule has 1 aromatic heterocycles. The van der Waals surface area contributed by atoms with Crippen molar-refractivity contribution in [1.82, 2.24) is 9.55 Å². The first-order valence-corrected chi connectivity index (χ1v) is 6.75. The first kappa shape index (κ1) is 12.0. The third kappa shape index (κ3) is 1.84. The van der Waals surface area contributed by atoms with Gasteiger partial charge in [-0.15, -0.1) is 0 Å². The van der Waals surface area contributed by atoms with Crippen LogP contribution in [0.1, 0.15) is 23.9 Å². The van der Waals surface area contributed by atoms with Crippen LogP contribution in [-0.4, -0.2) is 9.55 Å². The van der Waals surface area contributed by atoms with E-state index in [0.717, 1.165) is 17.8 Å². The van der Waals surface area contributed by atoms with Crippen molar-refractivity contribution in [2.45, 2.75) is 27.2 Å². The lowest BCUT2D eigenvalue weighted by molar-refractivity contribution is 0.908. The number of imidazole rings is 1. The van der Waals surface area contributed by atoms with Gasteiger partial charge in [0.1, 0.15) is 5.82 Å². The number of rotatable bonds is 2. The fourth-order valence-corrected chi connectivity index (χ4v) is 2.53. The van der Waals surface area contributed by atoms with Crippen molar-refractivity contribution in [2.24, 2.45) is 0 Å². The number of aromatic nitrogens is 2. The van der Waals surface area contributed by atoms with E-state index in [1.165, 1.54) is 22.3 Å². The van der Waals surface area contributed by atoms with E-state index in [0.29, 0.717) is 0 Å². The molecule has 2 aromatic carbocycles. The van der Waals surface area contributed by atoms with Crippen LogP contribution in [-0.2, 0) is 6.42 Å². The molecule has 0 aliphatic carbocycles. The van der Waals surface area contributed by atoms with Gasteiger partial charge in [-0.25, -0.2) is 4.98 Å². The highest BCUT2D eigenvalue weighted by Gasteiger charge is 2.13. The summed E-state index contributed by atoms with van der Waals surface area (Å²) in [5.41, 5.74) is 6.09. The van der Waals surface area contributed by atoms with E-state index >= 15 is 0 Å². The summed E-state index contributed by atoms with van der Waals surface area (Å²) in [5.74, 6) is 1.12. The van der Waals surface area contributed by atoms with Gasteiger partial charge in [-0.2, -0.15) is 0 Å². The predicted octanol–water partition coefficient (Wildman–Crippen LogP) is 4.20. The Hall–Kier alpha value is -2.09. The fourth-order valence-electron chi connectivity index (χ4n) is 2.53. The maximum Gasteiger partial charge on any atom is 0.114 e. The molecule has 0 bridgehead atoms. The van der Waals surface area contributed by atoms with Crippen LogP contribution < -0.4 is 0 Å². The molecule has 3 aromatic rings. The normalized spacial score (nSPS) is 11.1. The van der Waals surface area contributed by atoms with E-state index < -0.39 is 0 Å². The van der Waals surface area contributed by atoms with Gasteiger partial charge in [0, 0.05) is 12.1 Å². The van der Waals surface area contributed by atoms with Crippen LogP contribution in [0.4, 0.5) is 0 Å². The molecule has 2 nitrogen and oxygen atoms in total. The van der Waals surface area contributed by atoms with E-state index in [1.54, 1.807) is 0 Å². The maximum absolute atomic E-state index is 4.83. The molecule has 0 radical (unpaired) electrons. The Morgan fingerprint density at radius 1 is 1.00 bits per heavy atom. The van der Waals surface area contributed by atoms with Gasteiger partial charge in [0.2, 0.25) is 0 Å². The SMILES string of the molecule is CCc1nc2c(C)c(C)ccc2n1-c1ccccc1. The number of nitrogens with zero attached hydrogens (tertiary/aromatic N) is 2. The summed E-state index contributed by atoms with van der Waals surface area (Å²) >= 11 is 0. The third-order valence-corrected chi connectivity index (χ3v) is 3.75. The van der Waals surface area contributed by atoms with Gasteiger partial charge in [-0.1, -0.05) is 31.2 Å². The average Bonchev–Trinajstić information content (AvgIpc) is 2.83. The molecule has 0 N–H and O–H groups in total. The van der Waals surface area contributed by atoms with Crippen LogP contribution in [0.25, 0.3) is 16.7 Å². The topological polar surface area (TPSA) is 17.8 Å². The molecule has 0 aliphatic heterocycles. The summed E-state index contributed by atoms with van der Waals surface area (Å²) < 4.78 is 2.27. The molecule has 96 valence electrons. The number of hydrogen-bond acceptors (Lipinski definition) is 1. The monoisotopic (exact) mass is 250 g/mol. The third-order valence-electron chi connectivity index (χ3n) is 3.75. The summed E-state index contributed by atoms with van der Waals surface area (Å²) in [6.07, 6.45) is 0.933. The molecule has 0 unspecified atom stereocenters. The van der Waals surface area contributed by atoms with Crippen molar-refractivity contribution in [3.8, 4) is 5.69 Å². The van der Waals surface area contributed by atoms with Crippen LogP contribution in [0.2, 0.25) is 0 Å². The Bertz CT molecular complexity index is 724. The largest absolute Gasteiger partial charge is 0.296 e. The summed E-state index contributed by atoms with van der Waals surface area (Å²) in [5, 5.41) is 0. The molecule has 0 fully saturated rings. The van der Waals surface area contributed by atoms with Gasteiger partial charge >= 0.3 is 0 Å². The number of hydrogen-bond donors (Lipinski definition) is 0. The van der Waals surface area contributed by atoms with Crippen molar-refractivity contribution in [1.29, 1.82) is 0 Å². The first-order valence-electron chi connectivity index (χ1n) is 6.75. The van der Waals surface area contributed by atoms with Crippen LogP contribution in [0, 0.1) is 13.8 Å². The lowest BCUT2D eigenvalue weighted by Gasteiger charge is -2.08. The molecule has 2 heteroatoms. The molecule has 0 atom stereocenters. The zero-order chi connectivity index (χ0) is 13.4. The van der Waals surface area contributed by atoms with Gasteiger partial charge in [0.15, 0.2) is 0 Å². The second-order valence-electron chi connectivity index (χ2n) is 4.93. The van der Waals surface area contributed by atoms with Crippen molar-refractivity contribution in [3.05, 3.63) is 59.4 Å². The quantitative estimate of drug-likeness (QED) is 0.666. The van der Waals surface area contributed by atoms with Crippen molar-refractivity contribution in [2.75, 3.05) is 0 Å². The van der Waals surface area contributed by atoms with Gasteiger partial charge in [0.25, 0.3) is 0 Å².